The SMILES string of the molecule is CCCN1C(=O)c2c(C(=O)NCc3ccccc3)ncn2C[C@@]1(C)C(=O)NC1CCCC1. The first-order valence-electron chi connectivity index (χ1n) is 11.4. The molecule has 0 spiro atoms. The van der Waals surface area contributed by atoms with Crippen molar-refractivity contribution < 1.29 is 14.4 Å². The molecule has 0 bridgehead atoms. The molecule has 8 heteroatoms. The fraction of sp³-hybridized carbons (Fsp3) is 0.500. The third-order valence-corrected chi connectivity index (χ3v) is 6.50. The van der Waals surface area contributed by atoms with Crippen molar-refractivity contribution in [2.45, 2.75) is 70.6 Å². The van der Waals surface area contributed by atoms with Crippen LogP contribution in [0.25, 0.3) is 0 Å². The molecule has 1 fully saturated rings. The van der Waals surface area contributed by atoms with Crippen molar-refractivity contribution in [2.75, 3.05) is 6.54 Å². The van der Waals surface area contributed by atoms with Crippen LogP contribution in [-0.2, 0) is 17.9 Å². The van der Waals surface area contributed by atoms with Crippen LogP contribution in [0.5, 0.6) is 0 Å². The first kappa shape index (κ1) is 22.0. The molecule has 1 saturated carbocycles. The Morgan fingerprint density at radius 1 is 1.19 bits per heavy atom. The van der Waals surface area contributed by atoms with E-state index in [1.165, 1.54) is 6.33 Å². The lowest BCUT2D eigenvalue weighted by atomic mass is 9.93. The van der Waals surface area contributed by atoms with Gasteiger partial charge in [-0.05, 0) is 31.7 Å². The monoisotopic (exact) mass is 437 g/mol. The number of amides is 3. The summed E-state index contributed by atoms with van der Waals surface area (Å²) < 4.78 is 1.65. The molecule has 4 rings (SSSR count). The smallest absolute Gasteiger partial charge is 0.273 e. The average Bonchev–Trinajstić information content (AvgIpc) is 3.45. The fourth-order valence-corrected chi connectivity index (χ4v) is 4.70. The fourth-order valence-electron chi connectivity index (χ4n) is 4.70. The lowest BCUT2D eigenvalue weighted by Crippen LogP contribution is -2.65. The van der Waals surface area contributed by atoms with E-state index in [0.717, 1.165) is 31.2 Å². The van der Waals surface area contributed by atoms with Gasteiger partial charge in [0.1, 0.15) is 11.2 Å². The van der Waals surface area contributed by atoms with Crippen LogP contribution in [0.2, 0.25) is 0 Å². The largest absolute Gasteiger partial charge is 0.351 e. The molecule has 32 heavy (non-hydrogen) atoms. The van der Waals surface area contributed by atoms with Crippen LogP contribution in [0.15, 0.2) is 36.7 Å². The molecule has 2 N–H and O–H groups in total. The molecule has 1 aliphatic carbocycles. The Kier molecular flexibility index (Phi) is 6.30. The normalized spacial score (nSPS) is 20.8. The molecule has 2 heterocycles. The highest BCUT2D eigenvalue weighted by molar-refractivity contribution is 6.07. The zero-order chi connectivity index (χ0) is 22.7. The average molecular weight is 438 g/mol. The number of hydrogen-bond acceptors (Lipinski definition) is 4. The molecule has 1 aliphatic heterocycles. The van der Waals surface area contributed by atoms with Gasteiger partial charge in [-0.1, -0.05) is 50.1 Å². The number of carbonyl (C=O) groups excluding carboxylic acids is 3. The maximum absolute atomic E-state index is 13.5. The Labute approximate surface area is 188 Å². The van der Waals surface area contributed by atoms with Crippen LogP contribution in [0.1, 0.15) is 72.5 Å². The molecule has 2 aliphatic rings. The molecule has 1 atom stereocenters. The maximum atomic E-state index is 13.5. The van der Waals surface area contributed by atoms with Gasteiger partial charge in [0.15, 0.2) is 5.69 Å². The molecule has 0 unspecified atom stereocenters. The van der Waals surface area contributed by atoms with Gasteiger partial charge in [-0.3, -0.25) is 14.4 Å². The first-order valence-corrected chi connectivity index (χ1v) is 11.4. The second kappa shape index (κ2) is 9.14. The van der Waals surface area contributed by atoms with E-state index < -0.39 is 11.4 Å². The summed E-state index contributed by atoms with van der Waals surface area (Å²) in [5, 5.41) is 6.00. The Morgan fingerprint density at radius 3 is 2.59 bits per heavy atom. The molecule has 2 aromatic rings. The van der Waals surface area contributed by atoms with Crippen molar-refractivity contribution in [2.24, 2.45) is 0 Å². The number of rotatable bonds is 7. The van der Waals surface area contributed by atoms with E-state index in [4.69, 9.17) is 0 Å². The summed E-state index contributed by atoms with van der Waals surface area (Å²) >= 11 is 0. The lowest BCUT2D eigenvalue weighted by molar-refractivity contribution is -0.133. The molecule has 1 aromatic carbocycles. The predicted octanol–water partition coefficient (Wildman–Crippen LogP) is 2.50. The van der Waals surface area contributed by atoms with Crippen LogP contribution in [0.4, 0.5) is 0 Å². The second-order valence-electron chi connectivity index (χ2n) is 8.92. The van der Waals surface area contributed by atoms with Gasteiger partial charge in [0, 0.05) is 19.1 Å². The zero-order valence-electron chi connectivity index (χ0n) is 18.8. The van der Waals surface area contributed by atoms with Gasteiger partial charge in [-0.25, -0.2) is 4.98 Å². The number of aromatic nitrogens is 2. The van der Waals surface area contributed by atoms with Gasteiger partial charge in [-0.15, -0.1) is 0 Å². The summed E-state index contributed by atoms with van der Waals surface area (Å²) in [6, 6.07) is 9.74. The third-order valence-electron chi connectivity index (χ3n) is 6.50. The van der Waals surface area contributed by atoms with Gasteiger partial charge in [-0.2, -0.15) is 0 Å². The summed E-state index contributed by atoms with van der Waals surface area (Å²) in [5.74, 6) is -0.864. The summed E-state index contributed by atoms with van der Waals surface area (Å²) in [6.07, 6.45) is 6.40. The molecule has 0 saturated heterocycles. The summed E-state index contributed by atoms with van der Waals surface area (Å²) in [4.78, 5) is 45.5. The maximum Gasteiger partial charge on any atom is 0.273 e. The Morgan fingerprint density at radius 2 is 1.91 bits per heavy atom. The van der Waals surface area contributed by atoms with Crippen LogP contribution < -0.4 is 10.6 Å². The number of carbonyl (C=O) groups is 3. The molecular weight excluding hydrogens is 406 g/mol. The number of imidazole rings is 1. The molecular formula is C24H31N5O3. The molecule has 170 valence electrons. The molecule has 1 aromatic heterocycles. The number of benzene rings is 1. The third kappa shape index (κ3) is 4.13. The van der Waals surface area contributed by atoms with Crippen molar-refractivity contribution in [3.8, 4) is 0 Å². The Balaban J connectivity index is 1.57. The number of nitrogens with one attached hydrogen (secondary N) is 2. The minimum absolute atomic E-state index is 0.102. The summed E-state index contributed by atoms with van der Waals surface area (Å²) in [7, 11) is 0. The summed E-state index contributed by atoms with van der Waals surface area (Å²) in [6.45, 7) is 4.83. The second-order valence-corrected chi connectivity index (χ2v) is 8.92. The standard InChI is InChI=1S/C24H31N5O3/c1-3-13-29-22(31)20-19(21(30)25-14-17-9-5-4-6-10-17)26-16-28(20)15-24(29,2)23(32)27-18-11-7-8-12-18/h4-6,9-10,16,18H,3,7-8,11-15H2,1-2H3,(H,25,30)(H,27,32)/t24-/m0/s1. The van der Waals surface area contributed by atoms with Crippen LogP contribution in [0, 0.1) is 0 Å². The van der Waals surface area contributed by atoms with E-state index >= 15 is 0 Å². The molecule has 3 amide bonds. The quantitative estimate of drug-likeness (QED) is 0.696. The lowest BCUT2D eigenvalue weighted by Gasteiger charge is -2.44. The van der Waals surface area contributed by atoms with E-state index in [1.54, 1.807) is 9.47 Å². The number of fused-ring (bicyclic) bond motifs is 1. The van der Waals surface area contributed by atoms with Crippen LogP contribution in [-0.4, -0.2) is 50.3 Å². The van der Waals surface area contributed by atoms with E-state index in [1.807, 2.05) is 44.2 Å². The topological polar surface area (TPSA) is 96.3 Å². The minimum Gasteiger partial charge on any atom is -0.351 e. The van der Waals surface area contributed by atoms with Crippen molar-refractivity contribution in [1.29, 1.82) is 0 Å². The summed E-state index contributed by atoms with van der Waals surface area (Å²) in [5.41, 5.74) is 0.283. The Hall–Kier alpha value is -3.16. The highest BCUT2D eigenvalue weighted by atomic mass is 16.2. The van der Waals surface area contributed by atoms with E-state index in [0.29, 0.717) is 19.5 Å². The Bertz CT molecular complexity index is 996. The van der Waals surface area contributed by atoms with Crippen LogP contribution >= 0.6 is 0 Å². The molecule has 0 radical (unpaired) electrons. The van der Waals surface area contributed by atoms with Crippen molar-refractivity contribution >= 4 is 17.7 Å². The number of nitrogens with zero attached hydrogens (tertiary/aromatic N) is 3. The van der Waals surface area contributed by atoms with Gasteiger partial charge in [0.05, 0.1) is 12.9 Å². The van der Waals surface area contributed by atoms with Crippen molar-refractivity contribution in [3.63, 3.8) is 0 Å². The van der Waals surface area contributed by atoms with Crippen molar-refractivity contribution in [3.05, 3.63) is 53.6 Å². The van der Waals surface area contributed by atoms with Gasteiger partial charge in [0.25, 0.3) is 11.8 Å². The first-order chi connectivity index (χ1) is 15.4. The predicted molar refractivity (Wildman–Crippen MR) is 120 cm³/mol. The van der Waals surface area contributed by atoms with E-state index in [-0.39, 0.29) is 35.8 Å². The van der Waals surface area contributed by atoms with Gasteiger partial charge in [0.2, 0.25) is 5.91 Å². The van der Waals surface area contributed by atoms with E-state index in [9.17, 15) is 14.4 Å². The van der Waals surface area contributed by atoms with Crippen molar-refractivity contribution in [1.82, 2.24) is 25.1 Å². The minimum atomic E-state index is -1.03. The number of hydrogen-bond donors (Lipinski definition) is 2. The van der Waals surface area contributed by atoms with Gasteiger partial charge >= 0.3 is 0 Å². The molecule has 8 nitrogen and oxygen atoms in total. The van der Waals surface area contributed by atoms with E-state index in [2.05, 4.69) is 15.6 Å². The van der Waals surface area contributed by atoms with Crippen LogP contribution in [0.3, 0.4) is 0 Å². The highest BCUT2D eigenvalue weighted by Gasteiger charge is 2.48. The zero-order valence-corrected chi connectivity index (χ0v) is 18.8. The highest BCUT2D eigenvalue weighted by Crippen LogP contribution is 2.30. The van der Waals surface area contributed by atoms with Gasteiger partial charge < -0.3 is 20.1 Å².